The predicted octanol–water partition coefficient (Wildman–Crippen LogP) is 2.65. The summed E-state index contributed by atoms with van der Waals surface area (Å²) in [5, 5.41) is 0. The van der Waals surface area contributed by atoms with Crippen molar-refractivity contribution in [1.82, 2.24) is 14.5 Å². The lowest BCUT2D eigenvalue weighted by Gasteiger charge is -2.32. The zero-order chi connectivity index (χ0) is 16.8. The van der Waals surface area contributed by atoms with Crippen LogP contribution in [0.3, 0.4) is 0 Å². The van der Waals surface area contributed by atoms with E-state index in [0.717, 1.165) is 36.7 Å². The molecule has 1 saturated heterocycles. The number of allylic oxidation sites excluding steroid dienone is 4. The SMILES string of the molecule is C=CC1=C(/C=C(\C)S(=O)NCCN2CCCC2)N(C)CC(C)C1. The summed E-state index contributed by atoms with van der Waals surface area (Å²) in [6.07, 6.45) is 7.63. The Morgan fingerprint density at radius 3 is 2.78 bits per heavy atom. The lowest BCUT2D eigenvalue weighted by Crippen LogP contribution is -2.31. The largest absolute Gasteiger partial charge is 0.374 e. The molecule has 2 unspecified atom stereocenters. The molecule has 0 aliphatic carbocycles. The number of rotatable bonds is 7. The van der Waals surface area contributed by atoms with Crippen LogP contribution in [0.15, 0.2) is 34.9 Å². The van der Waals surface area contributed by atoms with E-state index in [1.807, 2.05) is 13.0 Å². The average molecular weight is 338 g/mol. The third-order valence-electron chi connectivity index (χ3n) is 4.63. The van der Waals surface area contributed by atoms with Crippen molar-refractivity contribution in [1.29, 1.82) is 0 Å². The molecular formula is C18H31N3OS. The third-order valence-corrected chi connectivity index (χ3v) is 5.80. The van der Waals surface area contributed by atoms with E-state index in [1.165, 1.54) is 31.5 Å². The van der Waals surface area contributed by atoms with Crippen LogP contribution in [-0.4, -0.2) is 53.8 Å². The van der Waals surface area contributed by atoms with E-state index in [9.17, 15) is 4.21 Å². The summed E-state index contributed by atoms with van der Waals surface area (Å²) in [5.74, 6) is 0.634. The molecule has 4 nitrogen and oxygen atoms in total. The minimum absolute atomic E-state index is 0.634. The molecule has 0 bridgehead atoms. The van der Waals surface area contributed by atoms with Crippen molar-refractivity contribution in [3.63, 3.8) is 0 Å². The van der Waals surface area contributed by atoms with Gasteiger partial charge in [-0.2, -0.15) is 0 Å². The number of hydrogen-bond donors (Lipinski definition) is 1. The Hall–Kier alpha value is -0.910. The lowest BCUT2D eigenvalue weighted by atomic mass is 9.94. The number of hydrogen-bond acceptors (Lipinski definition) is 3. The van der Waals surface area contributed by atoms with Crippen LogP contribution in [0.1, 0.15) is 33.1 Å². The van der Waals surface area contributed by atoms with Crippen molar-refractivity contribution in [3.8, 4) is 0 Å². The first-order chi connectivity index (χ1) is 11.0. The Labute approximate surface area is 143 Å². The summed E-state index contributed by atoms with van der Waals surface area (Å²) in [6, 6.07) is 0. The maximum atomic E-state index is 12.4. The number of likely N-dealkylation sites (tertiary alicyclic amines) is 1. The maximum Gasteiger partial charge on any atom is 0.120 e. The van der Waals surface area contributed by atoms with Gasteiger partial charge in [0.15, 0.2) is 0 Å². The monoisotopic (exact) mass is 337 g/mol. The van der Waals surface area contributed by atoms with Crippen molar-refractivity contribution < 1.29 is 4.21 Å². The second kappa shape index (κ2) is 8.81. The topological polar surface area (TPSA) is 35.6 Å². The molecule has 2 atom stereocenters. The molecule has 0 saturated carbocycles. The van der Waals surface area contributed by atoms with Gasteiger partial charge in [0.05, 0.1) is 0 Å². The normalized spacial score (nSPS) is 25.1. The first-order valence-corrected chi connectivity index (χ1v) is 9.79. The van der Waals surface area contributed by atoms with Gasteiger partial charge >= 0.3 is 0 Å². The molecule has 1 N–H and O–H groups in total. The molecule has 0 spiro atoms. The van der Waals surface area contributed by atoms with Gasteiger partial charge < -0.3 is 9.80 Å². The van der Waals surface area contributed by atoms with E-state index in [0.29, 0.717) is 5.92 Å². The van der Waals surface area contributed by atoms with E-state index >= 15 is 0 Å². The van der Waals surface area contributed by atoms with E-state index in [-0.39, 0.29) is 0 Å². The van der Waals surface area contributed by atoms with Gasteiger partial charge in [-0.1, -0.05) is 19.6 Å². The zero-order valence-electron chi connectivity index (χ0n) is 14.8. The maximum absolute atomic E-state index is 12.4. The van der Waals surface area contributed by atoms with Crippen LogP contribution >= 0.6 is 0 Å². The van der Waals surface area contributed by atoms with Crippen LogP contribution in [0, 0.1) is 5.92 Å². The Morgan fingerprint density at radius 1 is 1.43 bits per heavy atom. The van der Waals surface area contributed by atoms with Crippen molar-refractivity contribution in [2.75, 3.05) is 39.8 Å². The van der Waals surface area contributed by atoms with Crippen molar-refractivity contribution >= 4 is 11.0 Å². The van der Waals surface area contributed by atoms with Gasteiger partial charge in [0.25, 0.3) is 0 Å². The smallest absolute Gasteiger partial charge is 0.120 e. The minimum Gasteiger partial charge on any atom is -0.374 e. The summed E-state index contributed by atoms with van der Waals surface area (Å²) >= 11 is 0. The second-order valence-corrected chi connectivity index (χ2v) is 8.24. The Morgan fingerprint density at radius 2 is 2.13 bits per heavy atom. The molecule has 1 fully saturated rings. The first-order valence-electron chi connectivity index (χ1n) is 8.64. The van der Waals surface area contributed by atoms with Crippen LogP contribution < -0.4 is 4.72 Å². The number of likely N-dealkylation sites (N-methyl/N-ethyl adjacent to an activating group) is 1. The summed E-state index contributed by atoms with van der Waals surface area (Å²) in [4.78, 5) is 5.55. The van der Waals surface area contributed by atoms with Crippen molar-refractivity contribution in [2.24, 2.45) is 5.92 Å². The van der Waals surface area contributed by atoms with E-state index in [4.69, 9.17) is 0 Å². The summed E-state index contributed by atoms with van der Waals surface area (Å²) in [6.45, 7) is 13.3. The molecule has 130 valence electrons. The standard InChI is InChI=1S/C18H31N3OS/c1-5-17-12-15(2)14-20(4)18(17)13-16(3)23(22)19-8-11-21-9-6-7-10-21/h5,13,15,19H,1,6-12,14H2,2-4H3/b16-13+. The summed E-state index contributed by atoms with van der Waals surface area (Å²) in [5.41, 5.74) is 2.41. The van der Waals surface area contributed by atoms with Gasteiger partial charge in [-0.15, -0.1) is 0 Å². The molecule has 0 aromatic carbocycles. The van der Waals surface area contributed by atoms with Crippen LogP contribution in [-0.2, 0) is 11.0 Å². The van der Waals surface area contributed by atoms with Gasteiger partial charge in [-0.25, -0.2) is 8.93 Å². The van der Waals surface area contributed by atoms with Crippen LogP contribution in [0.4, 0.5) is 0 Å². The van der Waals surface area contributed by atoms with Gasteiger partial charge in [0.1, 0.15) is 11.0 Å². The van der Waals surface area contributed by atoms with Crippen LogP contribution in [0.5, 0.6) is 0 Å². The molecule has 0 radical (unpaired) electrons. The average Bonchev–Trinajstić information content (AvgIpc) is 3.02. The fraction of sp³-hybridized carbons (Fsp3) is 0.667. The first kappa shape index (κ1) is 18.4. The highest BCUT2D eigenvalue weighted by molar-refractivity contribution is 7.87. The molecular weight excluding hydrogens is 306 g/mol. The third kappa shape index (κ3) is 5.30. The highest BCUT2D eigenvalue weighted by Gasteiger charge is 2.19. The van der Waals surface area contributed by atoms with Gasteiger partial charge in [-0.3, -0.25) is 0 Å². The molecule has 2 heterocycles. The van der Waals surface area contributed by atoms with Crippen molar-refractivity contribution in [3.05, 3.63) is 34.9 Å². The Kier molecular flexibility index (Phi) is 7.06. The van der Waals surface area contributed by atoms with E-state index in [2.05, 4.69) is 41.1 Å². The van der Waals surface area contributed by atoms with Gasteiger partial charge in [0, 0.05) is 37.3 Å². The van der Waals surface area contributed by atoms with Crippen LogP contribution in [0.2, 0.25) is 0 Å². The zero-order valence-corrected chi connectivity index (χ0v) is 15.6. The number of nitrogens with zero attached hydrogens (tertiary/aromatic N) is 2. The van der Waals surface area contributed by atoms with Crippen LogP contribution in [0.25, 0.3) is 0 Å². The molecule has 2 aliphatic rings. The Balaban J connectivity index is 1.93. The summed E-state index contributed by atoms with van der Waals surface area (Å²) < 4.78 is 15.6. The Bertz CT molecular complexity index is 506. The quantitative estimate of drug-likeness (QED) is 0.776. The predicted molar refractivity (Wildman–Crippen MR) is 99.2 cm³/mol. The van der Waals surface area contributed by atoms with Gasteiger partial charge in [-0.05, 0) is 56.8 Å². The fourth-order valence-corrected chi connectivity index (χ4v) is 4.13. The highest BCUT2D eigenvalue weighted by atomic mass is 32.2. The molecule has 2 aliphatic heterocycles. The lowest BCUT2D eigenvalue weighted by molar-refractivity contribution is 0.326. The fourth-order valence-electron chi connectivity index (χ4n) is 3.41. The molecule has 0 amide bonds. The van der Waals surface area contributed by atoms with E-state index in [1.54, 1.807) is 0 Å². The van der Waals surface area contributed by atoms with E-state index < -0.39 is 11.0 Å². The van der Waals surface area contributed by atoms with Crippen molar-refractivity contribution in [2.45, 2.75) is 33.1 Å². The molecule has 23 heavy (non-hydrogen) atoms. The second-order valence-electron chi connectivity index (χ2n) is 6.77. The molecule has 0 aromatic rings. The minimum atomic E-state index is -1.12. The summed E-state index contributed by atoms with van der Waals surface area (Å²) in [7, 11) is 0.981. The van der Waals surface area contributed by atoms with Gasteiger partial charge in [0.2, 0.25) is 0 Å². The molecule has 2 rings (SSSR count). The molecule has 5 heteroatoms. The molecule has 0 aromatic heterocycles. The number of nitrogens with one attached hydrogen (secondary N) is 1. The highest BCUT2D eigenvalue weighted by Crippen LogP contribution is 2.27.